The quantitative estimate of drug-likeness (QED) is 0.412. The number of dihydropyridines is 1. The second-order valence-corrected chi connectivity index (χ2v) is 8.17. The van der Waals surface area contributed by atoms with E-state index < -0.39 is 17.9 Å². The molecule has 7 heteroatoms. The zero-order valence-corrected chi connectivity index (χ0v) is 19.8. The molecule has 0 saturated carbocycles. The maximum Gasteiger partial charge on any atom is 0.336 e. The Balaban J connectivity index is 1.94. The zero-order chi connectivity index (χ0) is 24.9. The molecular formula is C28H25N3O4. The number of ether oxygens (including phenoxy) is 2. The fourth-order valence-corrected chi connectivity index (χ4v) is 4.44. The zero-order valence-electron chi connectivity index (χ0n) is 19.8. The topological polar surface area (TPSA) is 101 Å². The maximum absolute atomic E-state index is 13.2. The van der Waals surface area contributed by atoms with Gasteiger partial charge in [0.25, 0.3) is 0 Å². The minimum atomic E-state index is -0.741. The second kappa shape index (κ2) is 10.2. The molecule has 4 rings (SSSR count). The highest BCUT2D eigenvalue weighted by Gasteiger charge is 2.38. The molecule has 0 saturated heterocycles. The number of nitrogens with one attached hydrogen (secondary N) is 1. The molecule has 35 heavy (non-hydrogen) atoms. The van der Waals surface area contributed by atoms with E-state index in [0.717, 1.165) is 27.6 Å². The summed E-state index contributed by atoms with van der Waals surface area (Å²) in [5.74, 6) is -1.87. The Kier molecular flexibility index (Phi) is 6.93. The maximum atomic E-state index is 13.2. The average Bonchev–Trinajstić information content (AvgIpc) is 2.87. The smallest absolute Gasteiger partial charge is 0.336 e. The first-order chi connectivity index (χ1) is 17.0. The van der Waals surface area contributed by atoms with Crippen LogP contribution < -0.4 is 5.32 Å². The molecule has 0 bridgehead atoms. The summed E-state index contributed by atoms with van der Waals surface area (Å²) in [6.45, 7) is 3.51. The van der Waals surface area contributed by atoms with Crippen LogP contribution in [-0.2, 0) is 19.1 Å². The van der Waals surface area contributed by atoms with Crippen LogP contribution in [0.3, 0.4) is 0 Å². The Hall–Kier alpha value is -4.44. The van der Waals surface area contributed by atoms with Crippen LogP contribution in [0, 0.1) is 11.3 Å². The number of carbonyl (C=O) groups excluding carboxylic acids is 2. The predicted octanol–water partition coefficient (Wildman–Crippen LogP) is 4.77. The molecular weight excluding hydrogens is 442 g/mol. The van der Waals surface area contributed by atoms with Gasteiger partial charge in [0, 0.05) is 28.5 Å². The van der Waals surface area contributed by atoms with Crippen molar-refractivity contribution in [2.45, 2.75) is 26.2 Å². The number of rotatable bonds is 6. The van der Waals surface area contributed by atoms with Crippen LogP contribution in [0.25, 0.3) is 22.0 Å². The normalized spacial score (nSPS) is 15.4. The first kappa shape index (κ1) is 23.7. The van der Waals surface area contributed by atoms with Crippen LogP contribution in [0.2, 0.25) is 0 Å². The number of hydrogen-bond donors (Lipinski definition) is 1. The molecule has 0 radical (unpaired) electrons. The van der Waals surface area contributed by atoms with Gasteiger partial charge < -0.3 is 14.8 Å². The molecule has 0 amide bonds. The van der Waals surface area contributed by atoms with Crippen molar-refractivity contribution in [2.75, 3.05) is 13.7 Å². The highest BCUT2D eigenvalue weighted by atomic mass is 16.5. The molecule has 1 aliphatic heterocycles. The fourth-order valence-electron chi connectivity index (χ4n) is 4.44. The lowest BCUT2D eigenvalue weighted by atomic mass is 9.79. The number of nitriles is 1. The van der Waals surface area contributed by atoms with Crippen molar-refractivity contribution in [1.29, 1.82) is 5.26 Å². The Morgan fingerprint density at radius 3 is 2.40 bits per heavy atom. The Bertz CT molecular complexity index is 1400. The van der Waals surface area contributed by atoms with Gasteiger partial charge in [-0.25, -0.2) is 9.59 Å². The van der Waals surface area contributed by atoms with E-state index in [2.05, 4.69) is 10.3 Å². The van der Waals surface area contributed by atoms with Crippen molar-refractivity contribution >= 4 is 22.8 Å². The number of benzene rings is 2. The van der Waals surface area contributed by atoms with Crippen molar-refractivity contribution in [3.63, 3.8) is 0 Å². The molecule has 1 aliphatic rings. The highest BCUT2D eigenvalue weighted by Crippen LogP contribution is 2.42. The van der Waals surface area contributed by atoms with Crippen molar-refractivity contribution in [3.8, 4) is 17.2 Å². The van der Waals surface area contributed by atoms with Crippen LogP contribution in [0.4, 0.5) is 0 Å². The summed E-state index contributed by atoms with van der Waals surface area (Å²) >= 11 is 0. The lowest BCUT2D eigenvalue weighted by Gasteiger charge is -2.31. The summed E-state index contributed by atoms with van der Waals surface area (Å²) in [6.07, 6.45) is 1.89. The SMILES string of the molecule is COC(=O)C1=C(C)NC(C)=C(C(=O)OCCC#N)C1c1cccc2ncc(-c3ccccc3)cc12. The predicted molar refractivity (Wildman–Crippen MR) is 132 cm³/mol. The van der Waals surface area contributed by atoms with Gasteiger partial charge >= 0.3 is 11.9 Å². The largest absolute Gasteiger partial charge is 0.466 e. The number of carbonyl (C=O) groups is 2. The van der Waals surface area contributed by atoms with E-state index in [0.29, 0.717) is 22.5 Å². The number of esters is 2. The molecule has 2 heterocycles. The van der Waals surface area contributed by atoms with Crippen molar-refractivity contribution in [3.05, 3.63) is 88.9 Å². The number of allylic oxidation sites excluding steroid dienone is 2. The summed E-state index contributed by atoms with van der Waals surface area (Å²) < 4.78 is 10.5. The monoisotopic (exact) mass is 467 g/mol. The van der Waals surface area contributed by atoms with E-state index in [1.807, 2.05) is 66.9 Å². The number of nitrogens with zero attached hydrogens (tertiary/aromatic N) is 2. The first-order valence-corrected chi connectivity index (χ1v) is 11.2. The molecule has 1 N–H and O–H groups in total. The number of hydrogen-bond acceptors (Lipinski definition) is 7. The fraction of sp³-hybridized carbons (Fsp3) is 0.214. The minimum Gasteiger partial charge on any atom is -0.466 e. The molecule has 0 aliphatic carbocycles. The molecule has 7 nitrogen and oxygen atoms in total. The Morgan fingerprint density at radius 1 is 1.00 bits per heavy atom. The number of aromatic nitrogens is 1. The molecule has 1 aromatic heterocycles. The standard InChI is InChI=1S/C28H25N3O4/c1-17-24(27(32)34-3)26(25(18(2)31-17)28(33)35-14-8-13-29)21-11-7-12-23-22(21)15-20(16-30-23)19-9-5-4-6-10-19/h4-7,9-12,15-16,26,31H,8,14H2,1-3H3. The highest BCUT2D eigenvalue weighted by molar-refractivity contribution is 6.02. The third kappa shape index (κ3) is 4.64. The van der Waals surface area contributed by atoms with Gasteiger partial charge in [-0.1, -0.05) is 42.5 Å². The van der Waals surface area contributed by atoms with Crippen LogP contribution in [0.1, 0.15) is 31.7 Å². The summed E-state index contributed by atoms with van der Waals surface area (Å²) in [4.78, 5) is 30.9. The van der Waals surface area contributed by atoms with E-state index in [9.17, 15) is 9.59 Å². The Labute approximate surface area is 203 Å². The molecule has 1 atom stereocenters. The van der Waals surface area contributed by atoms with Gasteiger partial charge in [-0.3, -0.25) is 4.98 Å². The molecule has 1 unspecified atom stereocenters. The van der Waals surface area contributed by atoms with Crippen LogP contribution in [0.5, 0.6) is 0 Å². The van der Waals surface area contributed by atoms with Gasteiger partial charge in [0.2, 0.25) is 0 Å². The lowest BCUT2D eigenvalue weighted by molar-refractivity contribution is -0.139. The lowest BCUT2D eigenvalue weighted by Crippen LogP contribution is -2.32. The van der Waals surface area contributed by atoms with Crippen LogP contribution in [0.15, 0.2) is 83.3 Å². The van der Waals surface area contributed by atoms with Crippen LogP contribution in [-0.4, -0.2) is 30.6 Å². The van der Waals surface area contributed by atoms with Gasteiger partial charge in [-0.2, -0.15) is 5.26 Å². The van der Waals surface area contributed by atoms with Gasteiger partial charge in [0.1, 0.15) is 6.61 Å². The van der Waals surface area contributed by atoms with E-state index in [4.69, 9.17) is 14.7 Å². The average molecular weight is 468 g/mol. The van der Waals surface area contributed by atoms with Crippen molar-refractivity contribution in [1.82, 2.24) is 10.3 Å². The molecule has 0 fully saturated rings. The molecule has 2 aromatic carbocycles. The summed E-state index contributed by atoms with van der Waals surface area (Å²) in [7, 11) is 1.31. The third-order valence-electron chi connectivity index (χ3n) is 6.01. The second-order valence-electron chi connectivity index (χ2n) is 8.17. The van der Waals surface area contributed by atoms with Crippen LogP contribution >= 0.6 is 0 Å². The van der Waals surface area contributed by atoms with Gasteiger partial charge in [0.05, 0.1) is 42.2 Å². The number of methoxy groups -OCH3 is 1. The molecule has 176 valence electrons. The number of pyridine rings is 1. The summed E-state index contributed by atoms with van der Waals surface area (Å²) in [5, 5.41) is 12.8. The van der Waals surface area contributed by atoms with Gasteiger partial charge in [-0.15, -0.1) is 0 Å². The van der Waals surface area contributed by atoms with E-state index >= 15 is 0 Å². The van der Waals surface area contributed by atoms with Crippen molar-refractivity contribution < 1.29 is 19.1 Å². The third-order valence-corrected chi connectivity index (χ3v) is 6.01. The molecule has 3 aromatic rings. The Morgan fingerprint density at radius 2 is 1.71 bits per heavy atom. The van der Waals surface area contributed by atoms with Gasteiger partial charge in [-0.05, 0) is 37.1 Å². The van der Waals surface area contributed by atoms with Crippen molar-refractivity contribution in [2.24, 2.45) is 0 Å². The summed E-state index contributed by atoms with van der Waals surface area (Å²) in [5.41, 5.74) is 5.18. The number of fused-ring (bicyclic) bond motifs is 1. The van der Waals surface area contributed by atoms with Gasteiger partial charge in [0.15, 0.2) is 0 Å². The van der Waals surface area contributed by atoms with E-state index in [-0.39, 0.29) is 13.0 Å². The molecule has 0 spiro atoms. The van der Waals surface area contributed by atoms with E-state index in [1.165, 1.54) is 7.11 Å². The minimum absolute atomic E-state index is 0.0374. The first-order valence-electron chi connectivity index (χ1n) is 11.2. The van der Waals surface area contributed by atoms with E-state index in [1.54, 1.807) is 13.8 Å². The summed E-state index contributed by atoms with van der Waals surface area (Å²) in [6, 6.07) is 19.5.